The number of nitrogens with one attached hydrogen (secondary N) is 1. The highest BCUT2D eigenvalue weighted by molar-refractivity contribution is 5.68. The zero-order chi connectivity index (χ0) is 24.5. The average molecular weight is 468 g/mol. The van der Waals surface area contributed by atoms with Crippen molar-refractivity contribution in [1.29, 1.82) is 0 Å². The van der Waals surface area contributed by atoms with Gasteiger partial charge in [-0.3, -0.25) is 4.90 Å². The monoisotopic (exact) mass is 467 g/mol. The molecule has 186 valence electrons. The van der Waals surface area contributed by atoms with E-state index in [1.54, 1.807) is 0 Å². The Kier molecular flexibility index (Phi) is 7.31. The van der Waals surface area contributed by atoms with Crippen molar-refractivity contribution in [3.8, 4) is 0 Å². The van der Waals surface area contributed by atoms with Crippen LogP contribution in [0.25, 0.3) is 0 Å². The Morgan fingerprint density at radius 2 is 1.74 bits per heavy atom. The van der Waals surface area contributed by atoms with E-state index in [-0.39, 0.29) is 12.1 Å². The van der Waals surface area contributed by atoms with Crippen molar-refractivity contribution in [2.75, 3.05) is 6.54 Å². The average Bonchev–Trinajstić information content (AvgIpc) is 3.26. The smallest absolute Gasteiger partial charge is 0.408 e. The lowest BCUT2D eigenvalue weighted by atomic mass is 9.95. The molecule has 3 atom stereocenters. The van der Waals surface area contributed by atoms with Gasteiger partial charge in [0.25, 0.3) is 0 Å². The maximum Gasteiger partial charge on any atom is 0.408 e. The number of amides is 1. The summed E-state index contributed by atoms with van der Waals surface area (Å²) in [6.07, 6.45) is 5.29. The predicted octanol–water partition coefficient (Wildman–Crippen LogP) is 5.53. The third kappa shape index (κ3) is 5.62. The molecular formula is C27H41N5O2. The molecule has 0 spiro atoms. The number of rotatable bonds is 7. The molecule has 2 aliphatic heterocycles. The van der Waals surface area contributed by atoms with Crippen LogP contribution >= 0.6 is 0 Å². The van der Waals surface area contributed by atoms with Gasteiger partial charge >= 0.3 is 6.09 Å². The van der Waals surface area contributed by atoms with E-state index in [0.717, 1.165) is 43.0 Å². The van der Waals surface area contributed by atoms with Crippen LogP contribution in [0.15, 0.2) is 30.3 Å². The van der Waals surface area contributed by atoms with Gasteiger partial charge in [-0.25, -0.2) is 4.79 Å². The van der Waals surface area contributed by atoms with Crippen LogP contribution in [0.2, 0.25) is 0 Å². The molecule has 7 nitrogen and oxygen atoms in total. The lowest BCUT2D eigenvalue weighted by Gasteiger charge is -2.40. The zero-order valence-electron chi connectivity index (χ0n) is 21.6. The summed E-state index contributed by atoms with van der Waals surface area (Å²) < 4.78 is 7.96. The Bertz CT molecular complexity index is 951. The minimum Gasteiger partial charge on any atom is -0.444 e. The van der Waals surface area contributed by atoms with E-state index in [2.05, 4.69) is 57.9 Å². The molecule has 0 aliphatic carbocycles. The second-order valence-corrected chi connectivity index (χ2v) is 11.3. The summed E-state index contributed by atoms with van der Waals surface area (Å²) in [6.45, 7) is 13.1. The zero-order valence-corrected chi connectivity index (χ0v) is 21.6. The molecule has 1 aromatic heterocycles. The van der Waals surface area contributed by atoms with Gasteiger partial charge in [-0.05, 0) is 65.4 Å². The van der Waals surface area contributed by atoms with E-state index in [1.807, 2.05) is 39.0 Å². The van der Waals surface area contributed by atoms with E-state index >= 15 is 0 Å². The van der Waals surface area contributed by atoms with E-state index in [1.165, 1.54) is 12.8 Å². The number of aryl methyl sites for hydroxylation is 1. The normalized spacial score (nSPS) is 23.8. The Morgan fingerprint density at radius 1 is 1.09 bits per heavy atom. The number of hydrogen-bond donors (Lipinski definition) is 1. The van der Waals surface area contributed by atoms with Gasteiger partial charge in [0.2, 0.25) is 0 Å². The molecule has 0 saturated carbocycles. The van der Waals surface area contributed by atoms with Crippen molar-refractivity contribution in [1.82, 2.24) is 25.0 Å². The maximum absolute atomic E-state index is 12.6. The lowest BCUT2D eigenvalue weighted by molar-refractivity contribution is 0.0488. The fourth-order valence-electron chi connectivity index (χ4n) is 5.79. The molecule has 3 heterocycles. The van der Waals surface area contributed by atoms with E-state index in [9.17, 15) is 4.79 Å². The highest BCUT2D eigenvalue weighted by atomic mass is 16.6. The van der Waals surface area contributed by atoms with Gasteiger partial charge in [0, 0.05) is 30.6 Å². The first-order valence-corrected chi connectivity index (χ1v) is 12.8. The summed E-state index contributed by atoms with van der Waals surface area (Å²) in [6, 6.07) is 11.8. The number of ether oxygens (including phenoxy) is 1. The molecule has 4 rings (SSSR count). The Morgan fingerprint density at radius 3 is 2.32 bits per heavy atom. The Hall–Kier alpha value is -2.41. The van der Waals surface area contributed by atoms with Crippen LogP contribution in [-0.2, 0) is 4.74 Å². The first kappa shape index (κ1) is 24.7. The number of alkyl carbamates (subject to hydrolysis) is 1. The predicted molar refractivity (Wildman–Crippen MR) is 134 cm³/mol. The van der Waals surface area contributed by atoms with Crippen molar-refractivity contribution in [2.24, 2.45) is 0 Å². The van der Waals surface area contributed by atoms with Gasteiger partial charge in [-0.1, -0.05) is 44.2 Å². The Labute approximate surface area is 204 Å². The van der Waals surface area contributed by atoms with Crippen molar-refractivity contribution < 1.29 is 9.53 Å². The molecule has 2 saturated heterocycles. The quantitative estimate of drug-likeness (QED) is 0.579. The summed E-state index contributed by atoms with van der Waals surface area (Å²) in [5.74, 6) is 2.52. The van der Waals surface area contributed by atoms with Crippen LogP contribution in [0, 0.1) is 6.92 Å². The van der Waals surface area contributed by atoms with E-state index in [4.69, 9.17) is 4.74 Å². The molecule has 2 aromatic rings. The topological polar surface area (TPSA) is 72.3 Å². The van der Waals surface area contributed by atoms with Crippen LogP contribution in [0.3, 0.4) is 0 Å². The van der Waals surface area contributed by atoms with Crippen LogP contribution in [0.5, 0.6) is 0 Å². The SMILES string of the molecule is Cc1nnc(C(C)C)n1C1CC2CCC(C1)N2CC[C@H](NC(=O)OC(C)(C)C)c1ccccc1. The molecule has 1 aromatic carbocycles. The summed E-state index contributed by atoms with van der Waals surface area (Å²) in [4.78, 5) is 15.3. The molecule has 2 aliphatic rings. The molecule has 7 heteroatoms. The number of carbonyl (C=O) groups excluding carboxylic acids is 1. The third-order valence-corrected chi connectivity index (χ3v) is 7.20. The van der Waals surface area contributed by atoms with Gasteiger partial charge in [0.15, 0.2) is 0 Å². The summed E-state index contributed by atoms with van der Waals surface area (Å²) in [5, 5.41) is 12.0. The number of hydrogen-bond acceptors (Lipinski definition) is 5. The first-order valence-electron chi connectivity index (χ1n) is 12.8. The molecule has 2 fully saturated rings. The molecule has 2 unspecified atom stereocenters. The number of piperidine rings is 1. The third-order valence-electron chi connectivity index (χ3n) is 7.20. The Balaban J connectivity index is 1.43. The van der Waals surface area contributed by atoms with Crippen molar-refractivity contribution in [2.45, 2.75) is 109 Å². The summed E-state index contributed by atoms with van der Waals surface area (Å²) in [5.41, 5.74) is 0.610. The molecule has 1 amide bonds. The standard InChI is InChI=1S/C27H41N5O2/c1-18(2)25-30-29-19(3)32(25)23-16-21-12-13-22(17-23)31(21)15-14-24(20-10-8-7-9-11-20)28-26(33)34-27(4,5)6/h7-11,18,21-24H,12-17H2,1-6H3,(H,28,33)/t21?,22?,23?,24-/m0/s1. The number of carbonyl (C=O) groups is 1. The van der Waals surface area contributed by atoms with Gasteiger partial charge in [-0.15, -0.1) is 10.2 Å². The molecule has 1 N–H and O–H groups in total. The largest absolute Gasteiger partial charge is 0.444 e. The fraction of sp³-hybridized carbons (Fsp3) is 0.667. The molecular weight excluding hydrogens is 426 g/mol. The highest BCUT2D eigenvalue weighted by Crippen LogP contribution is 2.42. The van der Waals surface area contributed by atoms with Crippen LogP contribution in [0.4, 0.5) is 4.79 Å². The number of nitrogens with zero attached hydrogens (tertiary/aromatic N) is 4. The number of benzene rings is 1. The van der Waals surface area contributed by atoms with Crippen LogP contribution < -0.4 is 5.32 Å². The van der Waals surface area contributed by atoms with Crippen LogP contribution in [0.1, 0.15) is 102 Å². The first-order chi connectivity index (χ1) is 16.1. The molecule has 2 bridgehead atoms. The minimum atomic E-state index is -0.512. The van der Waals surface area contributed by atoms with Gasteiger partial charge < -0.3 is 14.6 Å². The van der Waals surface area contributed by atoms with E-state index in [0.29, 0.717) is 24.0 Å². The molecule has 0 radical (unpaired) electrons. The number of aromatic nitrogens is 3. The second kappa shape index (κ2) is 10.1. The summed E-state index contributed by atoms with van der Waals surface area (Å²) in [7, 11) is 0. The maximum atomic E-state index is 12.6. The van der Waals surface area contributed by atoms with Gasteiger partial charge in [-0.2, -0.15) is 0 Å². The van der Waals surface area contributed by atoms with Gasteiger partial charge in [0.05, 0.1) is 6.04 Å². The lowest BCUT2D eigenvalue weighted by Crippen LogP contribution is -2.45. The van der Waals surface area contributed by atoms with Crippen molar-refractivity contribution in [3.05, 3.63) is 47.5 Å². The number of fused-ring (bicyclic) bond motifs is 2. The summed E-state index contributed by atoms with van der Waals surface area (Å²) >= 11 is 0. The van der Waals surface area contributed by atoms with Gasteiger partial charge in [0.1, 0.15) is 17.2 Å². The van der Waals surface area contributed by atoms with Crippen molar-refractivity contribution in [3.63, 3.8) is 0 Å². The minimum absolute atomic E-state index is 0.0687. The second-order valence-electron chi connectivity index (χ2n) is 11.3. The fourth-order valence-corrected chi connectivity index (χ4v) is 5.79. The van der Waals surface area contributed by atoms with Crippen molar-refractivity contribution >= 4 is 6.09 Å². The van der Waals surface area contributed by atoms with E-state index < -0.39 is 5.60 Å². The van der Waals surface area contributed by atoms with Crippen LogP contribution in [-0.4, -0.2) is 50.0 Å². The highest BCUT2D eigenvalue weighted by Gasteiger charge is 2.42. The molecule has 34 heavy (non-hydrogen) atoms.